The van der Waals surface area contributed by atoms with Crippen LogP contribution < -0.4 is 5.32 Å². The molecule has 0 radical (unpaired) electrons. The fourth-order valence-corrected chi connectivity index (χ4v) is 4.38. The molecule has 0 saturated heterocycles. The molecule has 1 amide bonds. The van der Waals surface area contributed by atoms with Gasteiger partial charge in [0.1, 0.15) is 4.88 Å². The maximum atomic E-state index is 12.2. The molecule has 0 saturated carbocycles. The van der Waals surface area contributed by atoms with Crippen LogP contribution in [0.1, 0.15) is 39.0 Å². The van der Waals surface area contributed by atoms with E-state index in [1.54, 1.807) is 0 Å². The van der Waals surface area contributed by atoms with E-state index in [1.165, 1.54) is 28.2 Å². The molecule has 1 aromatic carbocycles. The van der Waals surface area contributed by atoms with Crippen LogP contribution in [0.15, 0.2) is 35.7 Å². The van der Waals surface area contributed by atoms with Crippen molar-refractivity contribution in [1.29, 1.82) is 0 Å². The Bertz CT molecular complexity index is 974. The average molecular weight is 415 g/mol. The Balaban J connectivity index is 1.54. The summed E-state index contributed by atoms with van der Waals surface area (Å²) in [5, 5.41) is 5.05. The van der Waals surface area contributed by atoms with Gasteiger partial charge in [0.15, 0.2) is 11.7 Å². The van der Waals surface area contributed by atoms with Gasteiger partial charge in [0, 0.05) is 15.8 Å². The number of rotatable bonds is 7. The number of esters is 1. The summed E-state index contributed by atoms with van der Waals surface area (Å²) in [6.45, 7) is 5.79. The van der Waals surface area contributed by atoms with Gasteiger partial charge in [0.05, 0.1) is 5.69 Å². The molecule has 28 heavy (non-hydrogen) atoms. The molecular formula is C21H22N2O3S2. The number of aromatic nitrogens is 1. The van der Waals surface area contributed by atoms with Crippen molar-refractivity contribution in [2.75, 3.05) is 11.9 Å². The molecule has 146 valence electrons. The first-order valence-electron chi connectivity index (χ1n) is 9.05. The molecule has 5 nitrogen and oxygen atoms in total. The quantitative estimate of drug-likeness (QED) is 0.537. The molecule has 0 aliphatic rings. The number of thiophene rings is 1. The average Bonchev–Trinajstić information content (AvgIpc) is 3.28. The number of anilines is 1. The number of nitrogens with one attached hydrogen (secondary N) is 1. The molecule has 0 aliphatic heterocycles. The number of hydrogen-bond donors (Lipinski definition) is 1. The summed E-state index contributed by atoms with van der Waals surface area (Å²) in [6.07, 6.45) is 1.95. The minimum Gasteiger partial charge on any atom is -0.451 e. The molecule has 0 atom stereocenters. The summed E-state index contributed by atoms with van der Waals surface area (Å²) >= 11 is 2.74. The van der Waals surface area contributed by atoms with Gasteiger partial charge in [-0.3, -0.25) is 10.1 Å². The molecule has 2 aromatic heterocycles. The number of nitrogens with zero attached hydrogens (tertiary/aromatic N) is 1. The SMILES string of the molecule is CCCc1cc(C(=O)OCC(=O)Nc2nc(-c3ccc(C)cc3)cs2)sc1C. The van der Waals surface area contributed by atoms with Crippen molar-refractivity contribution >= 4 is 39.7 Å². The fraction of sp³-hybridized carbons (Fsp3) is 0.286. The standard InChI is InChI=1S/C21H22N2O3S2/c1-4-5-16-10-18(28-14(16)3)20(25)26-11-19(24)23-21-22-17(12-27-21)15-8-6-13(2)7-9-15/h6-10,12H,4-5,11H2,1-3H3,(H,22,23,24). The van der Waals surface area contributed by atoms with Crippen LogP contribution in [-0.2, 0) is 16.0 Å². The molecule has 0 aliphatic carbocycles. The maximum Gasteiger partial charge on any atom is 0.348 e. The normalized spacial score (nSPS) is 10.7. The molecule has 0 unspecified atom stereocenters. The van der Waals surface area contributed by atoms with Gasteiger partial charge in [-0.05, 0) is 31.9 Å². The molecule has 3 rings (SSSR count). The minimum absolute atomic E-state index is 0.335. The second-order valence-corrected chi connectivity index (χ2v) is 8.58. The topological polar surface area (TPSA) is 68.3 Å². The first-order chi connectivity index (χ1) is 13.5. The van der Waals surface area contributed by atoms with E-state index in [2.05, 4.69) is 17.2 Å². The number of aryl methyl sites for hydroxylation is 3. The second-order valence-electron chi connectivity index (χ2n) is 6.47. The van der Waals surface area contributed by atoms with E-state index in [9.17, 15) is 9.59 Å². The van der Waals surface area contributed by atoms with Crippen LogP contribution in [0.5, 0.6) is 0 Å². The number of hydrogen-bond acceptors (Lipinski definition) is 6. The monoisotopic (exact) mass is 414 g/mol. The first kappa shape index (κ1) is 20.2. The number of amides is 1. The van der Waals surface area contributed by atoms with Gasteiger partial charge in [0.25, 0.3) is 5.91 Å². The molecule has 3 aromatic rings. The van der Waals surface area contributed by atoms with E-state index in [4.69, 9.17) is 4.74 Å². The van der Waals surface area contributed by atoms with Crippen molar-refractivity contribution in [3.8, 4) is 11.3 Å². The summed E-state index contributed by atoms with van der Waals surface area (Å²) in [7, 11) is 0. The van der Waals surface area contributed by atoms with Crippen LogP contribution in [0.2, 0.25) is 0 Å². The van der Waals surface area contributed by atoms with E-state index >= 15 is 0 Å². The number of ether oxygens (including phenoxy) is 1. The van der Waals surface area contributed by atoms with Crippen molar-refractivity contribution < 1.29 is 14.3 Å². The van der Waals surface area contributed by atoms with Gasteiger partial charge in [-0.1, -0.05) is 43.2 Å². The van der Waals surface area contributed by atoms with Crippen LogP contribution >= 0.6 is 22.7 Å². The van der Waals surface area contributed by atoms with Crippen molar-refractivity contribution in [2.45, 2.75) is 33.6 Å². The Morgan fingerprint density at radius 3 is 2.64 bits per heavy atom. The maximum absolute atomic E-state index is 12.2. The smallest absolute Gasteiger partial charge is 0.348 e. The zero-order valence-electron chi connectivity index (χ0n) is 16.1. The van der Waals surface area contributed by atoms with Gasteiger partial charge in [-0.25, -0.2) is 9.78 Å². The van der Waals surface area contributed by atoms with Gasteiger partial charge in [0.2, 0.25) is 0 Å². The molecule has 0 bridgehead atoms. The third kappa shape index (κ3) is 5.05. The first-order valence-corrected chi connectivity index (χ1v) is 10.7. The van der Waals surface area contributed by atoms with Crippen LogP contribution in [0.3, 0.4) is 0 Å². The van der Waals surface area contributed by atoms with Gasteiger partial charge < -0.3 is 4.74 Å². The van der Waals surface area contributed by atoms with Gasteiger partial charge >= 0.3 is 5.97 Å². The van der Waals surface area contributed by atoms with E-state index in [1.807, 2.05) is 49.6 Å². The van der Waals surface area contributed by atoms with Gasteiger partial charge in [-0.2, -0.15) is 0 Å². The number of carbonyl (C=O) groups excluding carboxylic acids is 2. The predicted molar refractivity (Wildman–Crippen MR) is 114 cm³/mol. The van der Waals surface area contributed by atoms with Crippen molar-refractivity contribution in [1.82, 2.24) is 4.98 Å². The number of benzene rings is 1. The van der Waals surface area contributed by atoms with Crippen molar-refractivity contribution in [2.24, 2.45) is 0 Å². The van der Waals surface area contributed by atoms with Crippen LogP contribution in [0.25, 0.3) is 11.3 Å². The Morgan fingerprint density at radius 1 is 1.18 bits per heavy atom. The lowest BCUT2D eigenvalue weighted by Crippen LogP contribution is -2.20. The largest absolute Gasteiger partial charge is 0.451 e. The number of thiazole rings is 1. The highest BCUT2D eigenvalue weighted by atomic mass is 32.1. The second kappa shape index (κ2) is 9.12. The van der Waals surface area contributed by atoms with Crippen molar-refractivity contribution in [3.63, 3.8) is 0 Å². The molecular weight excluding hydrogens is 392 g/mol. The Labute approximate surface area is 172 Å². The van der Waals surface area contributed by atoms with E-state index < -0.39 is 11.9 Å². The minimum atomic E-state index is -0.468. The lowest BCUT2D eigenvalue weighted by Gasteiger charge is -2.03. The lowest BCUT2D eigenvalue weighted by molar-refractivity contribution is -0.119. The van der Waals surface area contributed by atoms with E-state index in [0.717, 1.165) is 34.5 Å². The summed E-state index contributed by atoms with van der Waals surface area (Å²) in [4.78, 5) is 30.3. The predicted octanol–water partition coefficient (Wildman–Crippen LogP) is 5.24. The highest BCUT2D eigenvalue weighted by molar-refractivity contribution is 7.14. The van der Waals surface area contributed by atoms with Crippen LogP contribution in [0, 0.1) is 13.8 Å². The summed E-state index contributed by atoms with van der Waals surface area (Å²) in [6, 6.07) is 9.88. The summed E-state index contributed by atoms with van der Waals surface area (Å²) in [5.74, 6) is -0.870. The number of carbonyl (C=O) groups is 2. The zero-order chi connectivity index (χ0) is 20.1. The fourth-order valence-electron chi connectivity index (χ4n) is 2.68. The zero-order valence-corrected chi connectivity index (χ0v) is 17.7. The van der Waals surface area contributed by atoms with Crippen LogP contribution in [0.4, 0.5) is 5.13 Å². The Morgan fingerprint density at radius 2 is 1.93 bits per heavy atom. The van der Waals surface area contributed by atoms with E-state index in [-0.39, 0.29) is 6.61 Å². The van der Waals surface area contributed by atoms with Crippen molar-refractivity contribution in [3.05, 3.63) is 56.6 Å². The Kier molecular flexibility index (Phi) is 6.59. The summed E-state index contributed by atoms with van der Waals surface area (Å²) in [5.41, 5.74) is 4.13. The van der Waals surface area contributed by atoms with Crippen LogP contribution in [-0.4, -0.2) is 23.5 Å². The van der Waals surface area contributed by atoms with E-state index in [0.29, 0.717) is 10.0 Å². The highest BCUT2D eigenvalue weighted by Gasteiger charge is 2.16. The molecule has 0 fully saturated rings. The molecule has 0 spiro atoms. The molecule has 7 heteroatoms. The summed E-state index contributed by atoms with van der Waals surface area (Å²) < 4.78 is 5.15. The third-order valence-electron chi connectivity index (χ3n) is 4.17. The molecule has 2 heterocycles. The highest BCUT2D eigenvalue weighted by Crippen LogP contribution is 2.25. The molecule has 1 N–H and O–H groups in total. The van der Waals surface area contributed by atoms with Gasteiger partial charge in [-0.15, -0.1) is 22.7 Å². The Hall–Kier alpha value is -2.51. The third-order valence-corrected chi connectivity index (χ3v) is 6.00. The lowest BCUT2D eigenvalue weighted by atomic mass is 10.1.